The summed E-state index contributed by atoms with van der Waals surface area (Å²) < 4.78 is 5.49. The highest BCUT2D eigenvalue weighted by Crippen LogP contribution is 2.25. The van der Waals surface area contributed by atoms with Crippen molar-refractivity contribution in [2.75, 3.05) is 0 Å². The van der Waals surface area contributed by atoms with E-state index in [0.29, 0.717) is 18.1 Å². The molecule has 0 aliphatic rings. The number of aryl methyl sites for hydroxylation is 1. The predicted octanol–water partition coefficient (Wildman–Crippen LogP) is 7.90. The molecule has 3 heteroatoms. The molecular weight excluding hydrogens is 392 g/mol. The molecule has 0 radical (unpaired) electrons. The number of benzene rings is 3. The molecule has 0 saturated heterocycles. The lowest BCUT2D eigenvalue weighted by atomic mass is 10.00. The second-order valence-electron chi connectivity index (χ2n) is 8.47. The molecule has 0 atom stereocenters. The van der Waals surface area contributed by atoms with Gasteiger partial charge in [0.2, 0.25) is 0 Å². The molecule has 4 rings (SSSR count). The third-order valence-electron chi connectivity index (χ3n) is 5.91. The third-order valence-corrected chi connectivity index (χ3v) is 5.91. The van der Waals surface area contributed by atoms with Gasteiger partial charge < -0.3 is 4.52 Å². The Morgan fingerprint density at radius 2 is 1.25 bits per heavy atom. The lowest BCUT2D eigenvalue weighted by Gasteiger charge is -2.06. The van der Waals surface area contributed by atoms with Crippen molar-refractivity contribution in [1.29, 1.82) is 0 Å². The Hall–Kier alpha value is -3.20. The molecule has 4 aromatic rings. The monoisotopic (exact) mass is 424 g/mol. The van der Waals surface area contributed by atoms with Crippen molar-refractivity contribution in [3.63, 3.8) is 0 Å². The van der Waals surface area contributed by atoms with Crippen LogP contribution in [-0.4, -0.2) is 10.1 Å². The zero-order valence-electron chi connectivity index (χ0n) is 19.0. The number of nitrogens with zero attached hydrogens (tertiary/aromatic N) is 2. The van der Waals surface area contributed by atoms with Gasteiger partial charge in [-0.3, -0.25) is 0 Å². The zero-order valence-corrected chi connectivity index (χ0v) is 19.0. The summed E-state index contributed by atoms with van der Waals surface area (Å²) >= 11 is 0. The van der Waals surface area contributed by atoms with E-state index in [1.807, 2.05) is 18.2 Å². The quantitative estimate of drug-likeness (QED) is 0.230. The Kier molecular flexibility index (Phi) is 7.86. The standard InChI is InChI=1S/C29H32N2O/c1-2-3-4-5-6-8-11-23-14-16-25(17-15-23)26-18-20-27(21-19-26)29-30-28(31-32-29)22-24-12-9-7-10-13-24/h7,9-10,12-21H,2-6,8,11,22H2,1H3. The molecule has 1 aromatic heterocycles. The first kappa shape index (κ1) is 22.0. The summed E-state index contributed by atoms with van der Waals surface area (Å²) in [6.45, 7) is 2.27. The van der Waals surface area contributed by atoms with Crippen LogP contribution in [0.15, 0.2) is 83.4 Å². The van der Waals surface area contributed by atoms with E-state index in [9.17, 15) is 0 Å². The molecule has 0 aliphatic carbocycles. The first-order valence-corrected chi connectivity index (χ1v) is 11.9. The van der Waals surface area contributed by atoms with E-state index in [2.05, 4.69) is 77.7 Å². The normalized spacial score (nSPS) is 11.0. The fourth-order valence-electron chi connectivity index (χ4n) is 4.00. The Bertz CT molecular complexity index is 1070. The number of hydrogen-bond acceptors (Lipinski definition) is 3. The summed E-state index contributed by atoms with van der Waals surface area (Å²) in [5.74, 6) is 1.27. The van der Waals surface area contributed by atoms with Gasteiger partial charge in [-0.05, 0) is 47.2 Å². The van der Waals surface area contributed by atoms with Crippen LogP contribution in [0.5, 0.6) is 0 Å². The average molecular weight is 425 g/mol. The van der Waals surface area contributed by atoms with Gasteiger partial charge >= 0.3 is 0 Å². The Balaban J connectivity index is 1.32. The van der Waals surface area contributed by atoms with Gasteiger partial charge in [0.25, 0.3) is 5.89 Å². The molecule has 0 saturated carbocycles. The second-order valence-corrected chi connectivity index (χ2v) is 8.47. The topological polar surface area (TPSA) is 38.9 Å². The largest absolute Gasteiger partial charge is 0.334 e. The summed E-state index contributed by atoms with van der Waals surface area (Å²) in [5.41, 5.74) is 5.98. The molecule has 0 N–H and O–H groups in total. The van der Waals surface area contributed by atoms with Crippen molar-refractivity contribution in [2.24, 2.45) is 0 Å². The van der Waals surface area contributed by atoms with Gasteiger partial charge in [-0.1, -0.05) is 111 Å². The maximum atomic E-state index is 5.49. The zero-order chi connectivity index (χ0) is 22.0. The molecule has 0 bridgehead atoms. The first-order valence-electron chi connectivity index (χ1n) is 11.9. The van der Waals surface area contributed by atoms with Gasteiger partial charge in [0.05, 0.1) is 0 Å². The van der Waals surface area contributed by atoms with Gasteiger partial charge in [0, 0.05) is 12.0 Å². The van der Waals surface area contributed by atoms with E-state index in [-0.39, 0.29) is 0 Å². The van der Waals surface area contributed by atoms with Gasteiger partial charge in [0.15, 0.2) is 5.82 Å². The van der Waals surface area contributed by atoms with E-state index in [0.717, 1.165) is 5.56 Å². The van der Waals surface area contributed by atoms with Crippen LogP contribution in [-0.2, 0) is 12.8 Å². The predicted molar refractivity (Wildman–Crippen MR) is 131 cm³/mol. The van der Waals surface area contributed by atoms with E-state index < -0.39 is 0 Å². The van der Waals surface area contributed by atoms with Crippen LogP contribution in [0.25, 0.3) is 22.6 Å². The van der Waals surface area contributed by atoms with Crippen molar-refractivity contribution in [3.8, 4) is 22.6 Å². The fraction of sp³-hybridized carbons (Fsp3) is 0.310. The van der Waals surface area contributed by atoms with Crippen LogP contribution in [0.2, 0.25) is 0 Å². The highest BCUT2D eigenvalue weighted by Gasteiger charge is 2.10. The van der Waals surface area contributed by atoms with Crippen molar-refractivity contribution < 1.29 is 4.52 Å². The summed E-state index contributed by atoms with van der Waals surface area (Å²) in [4.78, 5) is 4.56. The molecule has 3 nitrogen and oxygen atoms in total. The summed E-state index contributed by atoms with van der Waals surface area (Å²) in [6, 6.07) is 27.6. The second kappa shape index (κ2) is 11.4. The molecule has 1 heterocycles. The smallest absolute Gasteiger partial charge is 0.257 e. The minimum Gasteiger partial charge on any atom is -0.334 e. The molecule has 0 spiro atoms. The van der Waals surface area contributed by atoms with Crippen LogP contribution < -0.4 is 0 Å². The maximum absolute atomic E-state index is 5.49. The van der Waals surface area contributed by atoms with E-state index in [4.69, 9.17) is 4.52 Å². The van der Waals surface area contributed by atoms with Gasteiger partial charge in [-0.25, -0.2) is 0 Å². The highest BCUT2D eigenvalue weighted by atomic mass is 16.5. The summed E-state index contributed by atoms with van der Waals surface area (Å²) in [7, 11) is 0. The minimum atomic E-state index is 0.566. The van der Waals surface area contributed by atoms with Crippen LogP contribution in [0.4, 0.5) is 0 Å². The number of aromatic nitrogens is 2. The fourth-order valence-corrected chi connectivity index (χ4v) is 4.00. The summed E-state index contributed by atoms with van der Waals surface area (Å²) in [5, 5.41) is 4.14. The van der Waals surface area contributed by atoms with Crippen LogP contribution in [0.1, 0.15) is 62.4 Å². The summed E-state index contributed by atoms with van der Waals surface area (Å²) in [6.07, 6.45) is 9.90. The number of unbranched alkanes of at least 4 members (excludes halogenated alkanes) is 5. The van der Waals surface area contributed by atoms with Gasteiger partial charge in [-0.2, -0.15) is 4.98 Å². The molecule has 0 amide bonds. The lowest BCUT2D eigenvalue weighted by molar-refractivity contribution is 0.424. The highest BCUT2D eigenvalue weighted by molar-refractivity contribution is 5.67. The Labute approximate surface area is 191 Å². The van der Waals surface area contributed by atoms with Crippen LogP contribution in [0, 0.1) is 0 Å². The van der Waals surface area contributed by atoms with Crippen LogP contribution in [0.3, 0.4) is 0 Å². The maximum Gasteiger partial charge on any atom is 0.257 e. The Morgan fingerprint density at radius 3 is 1.97 bits per heavy atom. The lowest BCUT2D eigenvalue weighted by Crippen LogP contribution is -1.90. The van der Waals surface area contributed by atoms with Gasteiger partial charge in [0.1, 0.15) is 0 Å². The molecule has 0 fully saturated rings. The van der Waals surface area contributed by atoms with Crippen LogP contribution >= 0.6 is 0 Å². The number of rotatable bonds is 11. The Morgan fingerprint density at radius 1 is 0.625 bits per heavy atom. The van der Waals surface area contributed by atoms with Crippen molar-refractivity contribution >= 4 is 0 Å². The molecule has 32 heavy (non-hydrogen) atoms. The molecule has 0 unspecified atom stereocenters. The molecule has 164 valence electrons. The minimum absolute atomic E-state index is 0.566. The average Bonchev–Trinajstić information content (AvgIpc) is 3.31. The number of hydrogen-bond donors (Lipinski definition) is 0. The van der Waals surface area contributed by atoms with E-state index in [1.165, 1.54) is 67.2 Å². The molecule has 0 aliphatic heterocycles. The van der Waals surface area contributed by atoms with Crippen molar-refractivity contribution in [1.82, 2.24) is 10.1 Å². The first-order chi connectivity index (χ1) is 15.8. The van der Waals surface area contributed by atoms with Crippen molar-refractivity contribution in [3.05, 3.63) is 95.8 Å². The SMILES string of the molecule is CCCCCCCCc1ccc(-c2ccc(-c3nc(Cc4ccccc4)no3)cc2)cc1. The van der Waals surface area contributed by atoms with E-state index in [1.54, 1.807) is 0 Å². The van der Waals surface area contributed by atoms with Gasteiger partial charge in [-0.15, -0.1) is 0 Å². The van der Waals surface area contributed by atoms with Crippen molar-refractivity contribution in [2.45, 2.75) is 58.3 Å². The molecular formula is C29H32N2O. The third kappa shape index (κ3) is 6.16. The molecule has 3 aromatic carbocycles. The van der Waals surface area contributed by atoms with E-state index >= 15 is 0 Å².